The largest absolute Gasteiger partial charge is 0.508 e. The molecule has 0 aliphatic carbocycles. The van der Waals surface area contributed by atoms with Crippen LogP contribution in [-0.4, -0.2) is 25.7 Å². The van der Waals surface area contributed by atoms with Gasteiger partial charge in [0.25, 0.3) is 0 Å². The van der Waals surface area contributed by atoms with Gasteiger partial charge in [0.05, 0.1) is 11.6 Å². The molecule has 20 heavy (non-hydrogen) atoms. The number of imidazole rings is 1. The standard InChI is InChI=1S/C15H16N2O3/c18-13-4-2-1-3-10(13)7-12-9-17-6-5-11(15(19)20)8-14(17)16-12/h1-4,9,11,18H,5-8H2,(H,19,20). The van der Waals surface area contributed by atoms with Crippen LogP contribution in [0.2, 0.25) is 0 Å². The molecule has 1 aliphatic rings. The molecular formula is C15H16N2O3. The van der Waals surface area contributed by atoms with E-state index in [0.29, 0.717) is 25.8 Å². The molecule has 0 saturated heterocycles. The van der Waals surface area contributed by atoms with Crippen LogP contribution in [0.3, 0.4) is 0 Å². The molecule has 5 heteroatoms. The van der Waals surface area contributed by atoms with Crippen LogP contribution in [0.25, 0.3) is 0 Å². The number of phenolic OH excluding ortho intramolecular Hbond substituents is 1. The second-order valence-electron chi connectivity index (χ2n) is 5.18. The molecular weight excluding hydrogens is 256 g/mol. The second-order valence-corrected chi connectivity index (χ2v) is 5.18. The minimum atomic E-state index is -0.749. The molecule has 1 aromatic carbocycles. The number of fused-ring (bicyclic) bond motifs is 1. The van der Waals surface area contributed by atoms with Crippen molar-refractivity contribution in [3.8, 4) is 5.75 Å². The topological polar surface area (TPSA) is 75.3 Å². The zero-order valence-electron chi connectivity index (χ0n) is 11.0. The summed E-state index contributed by atoms with van der Waals surface area (Å²) in [6.07, 6.45) is 3.65. The van der Waals surface area contributed by atoms with Crippen molar-refractivity contribution in [3.63, 3.8) is 0 Å². The molecule has 0 fully saturated rings. The molecule has 5 nitrogen and oxygen atoms in total. The van der Waals surface area contributed by atoms with E-state index in [9.17, 15) is 9.90 Å². The zero-order valence-corrected chi connectivity index (χ0v) is 11.0. The Morgan fingerprint density at radius 3 is 2.95 bits per heavy atom. The van der Waals surface area contributed by atoms with E-state index < -0.39 is 5.97 Å². The Hall–Kier alpha value is -2.30. The number of phenols is 1. The number of aromatic nitrogens is 2. The lowest BCUT2D eigenvalue weighted by atomic mass is 9.98. The fourth-order valence-electron chi connectivity index (χ4n) is 2.64. The number of nitrogens with zero attached hydrogens (tertiary/aromatic N) is 2. The number of benzene rings is 1. The van der Waals surface area contributed by atoms with Crippen molar-refractivity contribution in [2.24, 2.45) is 5.92 Å². The van der Waals surface area contributed by atoms with Gasteiger partial charge in [-0.25, -0.2) is 4.98 Å². The van der Waals surface area contributed by atoms with Crippen molar-refractivity contribution >= 4 is 5.97 Å². The highest BCUT2D eigenvalue weighted by Gasteiger charge is 2.25. The van der Waals surface area contributed by atoms with E-state index in [4.69, 9.17) is 5.11 Å². The van der Waals surface area contributed by atoms with E-state index in [2.05, 4.69) is 4.98 Å². The van der Waals surface area contributed by atoms with Gasteiger partial charge in [0, 0.05) is 25.6 Å². The number of aromatic hydroxyl groups is 1. The third-order valence-electron chi connectivity index (χ3n) is 3.77. The van der Waals surface area contributed by atoms with Crippen LogP contribution in [0.4, 0.5) is 0 Å². The van der Waals surface area contributed by atoms with E-state index in [0.717, 1.165) is 17.1 Å². The van der Waals surface area contributed by atoms with Gasteiger partial charge in [0.1, 0.15) is 11.6 Å². The van der Waals surface area contributed by atoms with Crippen LogP contribution in [0, 0.1) is 5.92 Å². The molecule has 0 bridgehead atoms. The molecule has 2 N–H and O–H groups in total. The highest BCUT2D eigenvalue weighted by atomic mass is 16.4. The van der Waals surface area contributed by atoms with E-state index in [1.54, 1.807) is 12.1 Å². The molecule has 1 aromatic heterocycles. The van der Waals surface area contributed by atoms with Crippen LogP contribution in [-0.2, 0) is 24.2 Å². The first-order chi connectivity index (χ1) is 9.63. The maximum absolute atomic E-state index is 11.0. The summed E-state index contributed by atoms with van der Waals surface area (Å²) in [6.45, 7) is 0.695. The van der Waals surface area contributed by atoms with Crippen LogP contribution in [0.1, 0.15) is 23.5 Å². The molecule has 1 atom stereocenters. The lowest BCUT2D eigenvalue weighted by molar-refractivity contribution is -0.142. The first-order valence-corrected chi connectivity index (χ1v) is 6.68. The Balaban J connectivity index is 1.81. The number of rotatable bonds is 3. The minimum absolute atomic E-state index is 0.266. The predicted octanol–water partition coefficient (Wildman–Crippen LogP) is 1.83. The molecule has 2 heterocycles. The third kappa shape index (κ3) is 2.39. The van der Waals surface area contributed by atoms with Crippen LogP contribution < -0.4 is 0 Å². The monoisotopic (exact) mass is 272 g/mol. The van der Waals surface area contributed by atoms with Crippen molar-refractivity contribution in [3.05, 3.63) is 47.5 Å². The first kappa shape index (κ1) is 12.7. The number of carboxylic acid groups (broad SMARTS) is 1. The Kier molecular flexibility index (Phi) is 3.18. The van der Waals surface area contributed by atoms with Gasteiger partial charge >= 0.3 is 5.97 Å². The lowest BCUT2D eigenvalue weighted by Gasteiger charge is -2.19. The van der Waals surface area contributed by atoms with Crippen molar-refractivity contribution in [1.29, 1.82) is 0 Å². The average Bonchev–Trinajstić information content (AvgIpc) is 2.82. The van der Waals surface area contributed by atoms with Crippen LogP contribution in [0.15, 0.2) is 30.5 Å². The molecule has 104 valence electrons. The Bertz CT molecular complexity index is 648. The SMILES string of the molecule is O=C(O)C1CCn2cc(Cc3ccccc3O)nc2C1. The Morgan fingerprint density at radius 1 is 1.40 bits per heavy atom. The fraction of sp³-hybridized carbons (Fsp3) is 0.333. The number of carboxylic acids is 1. The number of aryl methyl sites for hydroxylation is 1. The van der Waals surface area contributed by atoms with Gasteiger partial charge in [-0.2, -0.15) is 0 Å². The second kappa shape index (κ2) is 5.00. The quantitative estimate of drug-likeness (QED) is 0.893. The summed E-state index contributed by atoms with van der Waals surface area (Å²) < 4.78 is 2.02. The minimum Gasteiger partial charge on any atom is -0.508 e. The molecule has 2 aromatic rings. The normalized spacial score (nSPS) is 17.7. The number of aliphatic carboxylic acids is 1. The number of para-hydroxylation sites is 1. The smallest absolute Gasteiger partial charge is 0.307 e. The van der Waals surface area contributed by atoms with Crippen molar-refractivity contribution in [1.82, 2.24) is 9.55 Å². The molecule has 1 unspecified atom stereocenters. The summed E-state index contributed by atoms with van der Waals surface area (Å²) in [5, 5.41) is 18.8. The Labute approximate surface area is 116 Å². The van der Waals surface area contributed by atoms with E-state index in [-0.39, 0.29) is 11.7 Å². The first-order valence-electron chi connectivity index (χ1n) is 6.68. The summed E-state index contributed by atoms with van der Waals surface area (Å²) >= 11 is 0. The van der Waals surface area contributed by atoms with Gasteiger partial charge in [0.2, 0.25) is 0 Å². The summed E-state index contributed by atoms with van der Waals surface area (Å²) in [7, 11) is 0. The summed E-state index contributed by atoms with van der Waals surface area (Å²) in [5.74, 6) is 0.0142. The molecule has 0 amide bonds. The van der Waals surface area contributed by atoms with Gasteiger partial charge in [-0.1, -0.05) is 18.2 Å². The molecule has 0 radical (unpaired) electrons. The summed E-state index contributed by atoms with van der Waals surface area (Å²) in [5.41, 5.74) is 1.70. The fourth-order valence-corrected chi connectivity index (χ4v) is 2.64. The van der Waals surface area contributed by atoms with Crippen molar-refractivity contribution in [2.45, 2.75) is 25.8 Å². The van der Waals surface area contributed by atoms with Gasteiger partial charge in [-0.05, 0) is 18.1 Å². The maximum Gasteiger partial charge on any atom is 0.307 e. The van der Waals surface area contributed by atoms with Crippen molar-refractivity contribution < 1.29 is 15.0 Å². The highest BCUT2D eigenvalue weighted by molar-refractivity contribution is 5.70. The summed E-state index contributed by atoms with van der Waals surface area (Å²) in [6, 6.07) is 7.19. The Morgan fingerprint density at radius 2 is 2.20 bits per heavy atom. The molecule has 0 spiro atoms. The van der Waals surface area contributed by atoms with Crippen LogP contribution >= 0.6 is 0 Å². The number of hydrogen-bond acceptors (Lipinski definition) is 3. The van der Waals surface area contributed by atoms with E-state index in [1.807, 2.05) is 22.9 Å². The van der Waals surface area contributed by atoms with Crippen LogP contribution in [0.5, 0.6) is 5.75 Å². The molecule has 3 rings (SSSR count). The summed E-state index contributed by atoms with van der Waals surface area (Å²) in [4.78, 5) is 15.5. The zero-order chi connectivity index (χ0) is 14.1. The molecule has 1 aliphatic heterocycles. The van der Waals surface area contributed by atoms with Gasteiger partial charge in [-0.3, -0.25) is 4.79 Å². The lowest BCUT2D eigenvalue weighted by Crippen LogP contribution is -2.25. The number of carbonyl (C=O) groups is 1. The number of hydrogen-bond donors (Lipinski definition) is 2. The predicted molar refractivity (Wildman–Crippen MR) is 72.6 cm³/mol. The average molecular weight is 272 g/mol. The third-order valence-corrected chi connectivity index (χ3v) is 3.77. The van der Waals surface area contributed by atoms with E-state index >= 15 is 0 Å². The van der Waals surface area contributed by atoms with Gasteiger partial charge in [0.15, 0.2) is 0 Å². The maximum atomic E-state index is 11.0. The van der Waals surface area contributed by atoms with Gasteiger partial charge < -0.3 is 14.8 Å². The van der Waals surface area contributed by atoms with E-state index in [1.165, 1.54) is 0 Å². The highest BCUT2D eigenvalue weighted by Crippen LogP contribution is 2.23. The van der Waals surface area contributed by atoms with Gasteiger partial charge in [-0.15, -0.1) is 0 Å². The molecule has 0 saturated carbocycles. The van der Waals surface area contributed by atoms with Crippen molar-refractivity contribution in [2.75, 3.05) is 0 Å².